The average molecular weight is 209 g/mol. The maximum atomic E-state index is 4.55. The van der Waals surface area contributed by atoms with Gasteiger partial charge in [0.05, 0.1) is 11.9 Å². The second kappa shape index (κ2) is 3.45. The summed E-state index contributed by atoms with van der Waals surface area (Å²) >= 11 is 0. The molecule has 0 aliphatic rings. The molecule has 0 saturated heterocycles. The Morgan fingerprint density at radius 3 is 3.00 bits per heavy atom. The second-order valence-electron chi connectivity index (χ2n) is 3.84. The summed E-state index contributed by atoms with van der Waals surface area (Å²) in [7, 11) is 0. The molecule has 3 rings (SSSR count). The van der Waals surface area contributed by atoms with Gasteiger partial charge in [0, 0.05) is 11.8 Å². The predicted molar refractivity (Wildman–Crippen MR) is 64.1 cm³/mol. The molecule has 0 bridgehead atoms. The number of nitrogens with one attached hydrogen (secondary N) is 1. The molecule has 0 radical (unpaired) electrons. The molecular weight excluding hydrogens is 198 g/mol. The molecule has 78 valence electrons. The van der Waals surface area contributed by atoms with Crippen molar-refractivity contribution in [2.75, 3.05) is 0 Å². The Morgan fingerprint density at radius 2 is 2.12 bits per heavy atom. The molecular formula is C13H11N3. The van der Waals surface area contributed by atoms with Crippen LogP contribution in [-0.4, -0.2) is 15.0 Å². The van der Waals surface area contributed by atoms with Crippen LogP contribution in [0.5, 0.6) is 0 Å². The molecule has 0 unspecified atom stereocenters. The Bertz CT molecular complexity index is 640. The minimum absolute atomic E-state index is 0.830. The quantitative estimate of drug-likeness (QED) is 0.669. The van der Waals surface area contributed by atoms with Crippen LogP contribution in [0.3, 0.4) is 0 Å². The lowest BCUT2D eigenvalue weighted by atomic mass is 10.1. The molecule has 3 aromatic rings. The minimum atomic E-state index is 0.830. The maximum absolute atomic E-state index is 4.55. The van der Waals surface area contributed by atoms with E-state index < -0.39 is 0 Å². The zero-order valence-electron chi connectivity index (χ0n) is 8.94. The highest BCUT2D eigenvalue weighted by Crippen LogP contribution is 2.19. The molecule has 0 fully saturated rings. The van der Waals surface area contributed by atoms with Crippen molar-refractivity contribution >= 4 is 11.2 Å². The van der Waals surface area contributed by atoms with Crippen molar-refractivity contribution in [2.45, 2.75) is 6.92 Å². The first-order valence-electron chi connectivity index (χ1n) is 5.20. The van der Waals surface area contributed by atoms with Crippen LogP contribution in [0.25, 0.3) is 22.4 Å². The fourth-order valence-electron chi connectivity index (χ4n) is 1.77. The van der Waals surface area contributed by atoms with E-state index in [9.17, 15) is 0 Å². The second-order valence-corrected chi connectivity index (χ2v) is 3.84. The van der Waals surface area contributed by atoms with Crippen LogP contribution in [0.1, 0.15) is 5.56 Å². The zero-order chi connectivity index (χ0) is 11.0. The predicted octanol–water partition coefficient (Wildman–Crippen LogP) is 2.93. The van der Waals surface area contributed by atoms with E-state index in [-0.39, 0.29) is 0 Å². The Kier molecular flexibility index (Phi) is 1.96. The Morgan fingerprint density at radius 1 is 1.19 bits per heavy atom. The van der Waals surface area contributed by atoms with Crippen molar-refractivity contribution in [2.24, 2.45) is 0 Å². The van der Waals surface area contributed by atoms with Gasteiger partial charge in [-0.3, -0.25) is 0 Å². The molecule has 0 aliphatic carbocycles. The molecule has 3 nitrogen and oxygen atoms in total. The van der Waals surface area contributed by atoms with E-state index >= 15 is 0 Å². The van der Waals surface area contributed by atoms with Gasteiger partial charge in [0.15, 0.2) is 5.65 Å². The molecule has 0 spiro atoms. The lowest BCUT2D eigenvalue weighted by molar-refractivity contribution is 1.26. The smallest absolute Gasteiger partial charge is 0.156 e. The first-order chi connectivity index (χ1) is 7.83. The number of benzene rings is 1. The van der Waals surface area contributed by atoms with Gasteiger partial charge in [0.1, 0.15) is 5.52 Å². The zero-order valence-corrected chi connectivity index (χ0v) is 8.94. The fourth-order valence-corrected chi connectivity index (χ4v) is 1.77. The van der Waals surface area contributed by atoms with Crippen molar-refractivity contribution in [3.63, 3.8) is 0 Å². The van der Waals surface area contributed by atoms with E-state index in [2.05, 4.69) is 40.1 Å². The number of aromatic amines is 1. The van der Waals surface area contributed by atoms with Gasteiger partial charge in [0.25, 0.3) is 0 Å². The van der Waals surface area contributed by atoms with Crippen LogP contribution in [0.4, 0.5) is 0 Å². The molecule has 0 saturated carbocycles. The van der Waals surface area contributed by atoms with Crippen molar-refractivity contribution in [3.8, 4) is 11.3 Å². The van der Waals surface area contributed by atoms with Gasteiger partial charge >= 0.3 is 0 Å². The third-order valence-corrected chi connectivity index (χ3v) is 2.57. The minimum Gasteiger partial charge on any atom is -0.345 e. The summed E-state index contributed by atoms with van der Waals surface area (Å²) in [6, 6.07) is 10.2. The molecule has 3 heteroatoms. The third-order valence-electron chi connectivity index (χ3n) is 2.57. The number of H-pyrrole nitrogens is 1. The SMILES string of the molecule is Cc1cccc(-c2cnc3[nH]ccc3n2)c1. The number of hydrogen-bond acceptors (Lipinski definition) is 2. The fraction of sp³-hybridized carbons (Fsp3) is 0.0769. The summed E-state index contributed by atoms with van der Waals surface area (Å²) in [4.78, 5) is 11.9. The van der Waals surface area contributed by atoms with Gasteiger partial charge in [-0.05, 0) is 19.1 Å². The highest BCUT2D eigenvalue weighted by atomic mass is 14.9. The van der Waals surface area contributed by atoms with Crippen LogP contribution in [-0.2, 0) is 0 Å². The molecule has 16 heavy (non-hydrogen) atoms. The van der Waals surface area contributed by atoms with E-state index in [4.69, 9.17) is 0 Å². The molecule has 0 aliphatic heterocycles. The van der Waals surface area contributed by atoms with Crippen molar-refractivity contribution < 1.29 is 0 Å². The average Bonchev–Trinajstić information content (AvgIpc) is 2.75. The van der Waals surface area contributed by atoms with Gasteiger partial charge in [-0.15, -0.1) is 0 Å². The summed E-state index contributed by atoms with van der Waals surface area (Å²) in [6.07, 6.45) is 3.65. The number of nitrogens with zero attached hydrogens (tertiary/aromatic N) is 2. The van der Waals surface area contributed by atoms with Crippen molar-refractivity contribution in [3.05, 3.63) is 48.3 Å². The lowest BCUT2D eigenvalue weighted by Crippen LogP contribution is -1.87. The summed E-state index contributed by atoms with van der Waals surface area (Å²) in [5, 5.41) is 0. The molecule has 0 atom stereocenters. The highest BCUT2D eigenvalue weighted by Gasteiger charge is 2.02. The summed E-state index contributed by atoms with van der Waals surface area (Å²) in [5.74, 6) is 0. The van der Waals surface area contributed by atoms with Gasteiger partial charge in [-0.1, -0.05) is 23.8 Å². The standard InChI is InChI=1S/C13H11N3/c1-9-3-2-4-10(7-9)12-8-15-13-11(16-12)5-6-14-13/h2-8H,1H3,(H,14,15). The molecule has 1 N–H and O–H groups in total. The number of rotatable bonds is 1. The van der Waals surface area contributed by atoms with Crippen LogP contribution in [0.15, 0.2) is 42.7 Å². The van der Waals surface area contributed by atoms with E-state index in [1.165, 1.54) is 5.56 Å². The lowest BCUT2D eigenvalue weighted by Gasteiger charge is -2.01. The number of aryl methyl sites for hydroxylation is 1. The van der Waals surface area contributed by atoms with Crippen molar-refractivity contribution in [1.82, 2.24) is 15.0 Å². The third kappa shape index (κ3) is 1.46. The van der Waals surface area contributed by atoms with Crippen LogP contribution in [0, 0.1) is 6.92 Å². The monoisotopic (exact) mass is 209 g/mol. The summed E-state index contributed by atoms with van der Waals surface area (Å²) in [5.41, 5.74) is 4.98. The van der Waals surface area contributed by atoms with Crippen molar-refractivity contribution in [1.29, 1.82) is 0 Å². The largest absolute Gasteiger partial charge is 0.345 e. The number of aromatic nitrogens is 3. The molecule has 0 amide bonds. The highest BCUT2D eigenvalue weighted by molar-refractivity contribution is 5.74. The topological polar surface area (TPSA) is 41.6 Å². The molecule has 2 aromatic heterocycles. The Balaban J connectivity index is 2.18. The summed E-state index contributed by atoms with van der Waals surface area (Å²) < 4.78 is 0. The van der Waals surface area contributed by atoms with Crippen LogP contribution < -0.4 is 0 Å². The van der Waals surface area contributed by atoms with E-state index in [1.54, 1.807) is 6.20 Å². The van der Waals surface area contributed by atoms with Gasteiger partial charge in [-0.2, -0.15) is 0 Å². The number of hydrogen-bond donors (Lipinski definition) is 1. The normalized spacial score (nSPS) is 10.8. The Labute approximate surface area is 93.2 Å². The molecule has 1 aromatic carbocycles. The van der Waals surface area contributed by atoms with Gasteiger partial charge in [0.2, 0.25) is 0 Å². The van der Waals surface area contributed by atoms with Crippen LogP contribution >= 0.6 is 0 Å². The maximum Gasteiger partial charge on any atom is 0.156 e. The first-order valence-corrected chi connectivity index (χ1v) is 5.20. The van der Waals surface area contributed by atoms with Gasteiger partial charge < -0.3 is 4.98 Å². The first kappa shape index (κ1) is 9.09. The van der Waals surface area contributed by atoms with E-state index in [1.807, 2.05) is 18.3 Å². The van der Waals surface area contributed by atoms with E-state index in [0.29, 0.717) is 0 Å². The molecule has 2 heterocycles. The van der Waals surface area contributed by atoms with Crippen LogP contribution in [0.2, 0.25) is 0 Å². The summed E-state index contributed by atoms with van der Waals surface area (Å²) in [6.45, 7) is 2.08. The van der Waals surface area contributed by atoms with E-state index in [0.717, 1.165) is 22.4 Å². The number of fused-ring (bicyclic) bond motifs is 1. The Hall–Kier alpha value is -2.16. The van der Waals surface area contributed by atoms with Gasteiger partial charge in [-0.25, -0.2) is 9.97 Å².